The molecule has 2 rings (SSSR count). The molecule has 0 radical (unpaired) electrons. The van der Waals surface area contributed by atoms with Gasteiger partial charge in [-0.2, -0.15) is 0 Å². The molecule has 0 bridgehead atoms. The minimum absolute atomic E-state index is 0.0730. The Bertz CT molecular complexity index is 363. The number of aliphatic carboxylic acids is 1. The number of amides is 1. The Balaban J connectivity index is 1.76. The number of hydrogen-bond acceptors (Lipinski definition) is 2. The molecule has 1 N–H and O–H groups in total. The summed E-state index contributed by atoms with van der Waals surface area (Å²) >= 11 is 0. The molecule has 0 heterocycles. The van der Waals surface area contributed by atoms with Gasteiger partial charge in [-0.1, -0.05) is 38.5 Å². The van der Waals surface area contributed by atoms with Gasteiger partial charge in [-0.05, 0) is 31.6 Å². The fraction of sp³-hybridized carbons (Fsp3) is 0.882. The number of carbonyl (C=O) groups is 2. The quantitative estimate of drug-likeness (QED) is 0.846. The zero-order valence-corrected chi connectivity index (χ0v) is 13.2. The number of carboxylic acid groups (broad SMARTS) is 1. The van der Waals surface area contributed by atoms with Crippen LogP contribution in [0, 0.1) is 17.8 Å². The van der Waals surface area contributed by atoms with E-state index < -0.39 is 5.97 Å². The Kier molecular flexibility index (Phi) is 6.07. The average Bonchev–Trinajstić information content (AvgIpc) is 2.53. The van der Waals surface area contributed by atoms with E-state index in [1.165, 1.54) is 32.1 Å². The van der Waals surface area contributed by atoms with Crippen molar-refractivity contribution in [3.05, 3.63) is 0 Å². The van der Waals surface area contributed by atoms with Crippen molar-refractivity contribution in [2.75, 3.05) is 13.6 Å². The van der Waals surface area contributed by atoms with Crippen LogP contribution < -0.4 is 0 Å². The molecule has 120 valence electrons. The summed E-state index contributed by atoms with van der Waals surface area (Å²) in [6, 6.07) is 0. The van der Waals surface area contributed by atoms with E-state index in [9.17, 15) is 9.59 Å². The molecule has 2 unspecified atom stereocenters. The summed E-state index contributed by atoms with van der Waals surface area (Å²) in [6.07, 6.45) is 10.8. The highest BCUT2D eigenvalue weighted by molar-refractivity contribution is 5.80. The Morgan fingerprint density at radius 2 is 1.67 bits per heavy atom. The topological polar surface area (TPSA) is 57.6 Å². The van der Waals surface area contributed by atoms with Gasteiger partial charge in [0.05, 0.1) is 5.92 Å². The highest BCUT2D eigenvalue weighted by Gasteiger charge is 2.32. The van der Waals surface area contributed by atoms with E-state index in [0.29, 0.717) is 6.42 Å². The monoisotopic (exact) mass is 295 g/mol. The summed E-state index contributed by atoms with van der Waals surface area (Å²) in [5.41, 5.74) is 0. The molecule has 2 atom stereocenters. The predicted molar refractivity (Wildman–Crippen MR) is 81.9 cm³/mol. The van der Waals surface area contributed by atoms with E-state index in [2.05, 4.69) is 0 Å². The van der Waals surface area contributed by atoms with Crippen LogP contribution in [0.1, 0.15) is 64.2 Å². The van der Waals surface area contributed by atoms with Gasteiger partial charge in [-0.25, -0.2) is 0 Å². The first-order chi connectivity index (χ1) is 10.1. The van der Waals surface area contributed by atoms with Crippen LogP contribution in [0.25, 0.3) is 0 Å². The van der Waals surface area contributed by atoms with Gasteiger partial charge in [0.15, 0.2) is 0 Å². The van der Waals surface area contributed by atoms with Gasteiger partial charge in [-0.3, -0.25) is 9.59 Å². The molecule has 2 aliphatic carbocycles. The molecular weight excluding hydrogens is 266 g/mol. The molecule has 0 spiro atoms. The number of carbonyl (C=O) groups excluding carboxylic acids is 1. The van der Waals surface area contributed by atoms with Crippen molar-refractivity contribution in [1.82, 2.24) is 4.90 Å². The number of carboxylic acids is 1. The number of nitrogens with zero attached hydrogens (tertiary/aromatic N) is 1. The molecule has 4 nitrogen and oxygen atoms in total. The highest BCUT2D eigenvalue weighted by atomic mass is 16.4. The largest absolute Gasteiger partial charge is 0.481 e. The van der Waals surface area contributed by atoms with Crippen LogP contribution in [0.2, 0.25) is 0 Å². The molecule has 2 fully saturated rings. The van der Waals surface area contributed by atoms with Gasteiger partial charge < -0.3 is 10.0 Å². The molecular formula is C17H29NO3. The van der Waals surface area contributed by atoms with Crippen LogP contribution in [0.15, 0.2) is 0 Å². The van der Waals surface area contributed by atoms with Crippen molar-refractivity contribution in [2.45, 2.75) is 64.2 Å². The van der Waals surface area contributed by atoms with E-state index in [4.69, 9.17) is 5.11 Å². The number of rotatable bonds is 5. The Morgan fingerprint density at radius 1 is 1.00 bits per heavy atom. The predicted octanol–water partition coefficient (Wildman–Crippen LogP) is 3.31. The molecule has 0 saturated heterocycles. The van der Waals surface area contributed by atoms with Gasteiger partial charge in [0.25, 0.3) is 0 Å². The van der Waals surface area contributed by atoms with E-state index >= 15 is 0 Å². The first kappa shape index (κ1) is 16.3. The van der Waals surface area contributed by atoms with E-state index in [0.717, 1.165) is 38.1 Å². The van der Waals surface area contributed by atoms with Crippen molar-refractivity contribution < 1.29 is 14.7 Å². The molecule has 1 amide bonds. The smallest absolute Gasteiger partial charge is 0.306 e. The summed E-state index contributed by atoms with van der Waals surface area (Å²) in [4.78, 5) is 25.4. The molecule has 2 aliphatic rings. The Labute approximate surface area is 127 Å². The standard InChI is InChI=1S/C17H29NO3/c1-18(11-10-13-6-3-2-4-7-13)16(19)14-8-5-9-15(12-14)17(20)21/h13-15H,2-12H2,1H3,(H,20,21). The molecule has 4 heteroatoms. The second-order valence-electron chi connectivity index (χ2n) is 6.95. The van der Waals surface area contributed by atoms with Crippen LogP contribution in [0.3, 0.4) is 0 Å². The van der Waals surface area contributed by atoms with Gasteiger partial charge in [0.2, 0.25) is 5.91 Å². The van der Waals surface area contributed by atoms with Crippen molar-refractivity contribution >= 4 is 11.9 Å². The van der Waals surface area contributed by atoms with Crippen molar-refractivity contribution in [2.24, 2.45) is 17.8 Å². The Morgan fingerprint density at radius 3 is 2.33 bits per heavy atom. The van der Waals surface area contributed by atoms with Gasteiger partial charge >= 0.3 is 5.97 Å². The zero-order chi connectivity index (χ0) is 15.2. The maximum Gasteiger partial charge on any atom is 0.306 e. The lowest BCUT2D eigenvalue weighted by Gasteiger charge is -2.30. The van der Waals surface area contributed by atoms with E-state index in [-0.39, 0.29) is 17.7 Å². The van der Waals surface area contributed by atoms with Crippen LogP contribution in [0.5, 0.6) is 0 Å². The maximum absolute atomic E-state index is 12.5. The summed E-state index contributed by atoms with van der Waals surface area (Å²) in [5.74, 6) is -0.183. The molecule has 0 aromatic rings. The van der Waals surface area contributed by atoms with E-state index in [1.807, 2.05) is 11.9 Å². The lowest BCUT2D eigenvalue weighted by Crippen LogP contribution is -2.37. The van der Waals surface area contributed by atoms with Crippen LogP contribution >= 0.6 is 0 Å². The first-order valence-electron chi connectivity index (χ1n) is 8.55. The normalized spacial score (nSPS) is 27.3. The van der Waals surface area contributed by atoms with Gasteiger partial charge in [0.1, 0.15) is 0 Å². The van der Waals surface area contributed by atoms with Gasteiger partial charge in [0, 0.05) is 19.5 Å². The lowest BCUT2D eigenvalue weighted by molar-refractivity contribution is -0.145. The Hall–Kier alpha value is -1.06. The molecule has 2 saturated carbocycles. The fourth-order valence-corrected chi connectivity index (χ4v) is 3.91. The second-order valence-corrected chi connectivity index (χ2v) is 6.95. The molecule has 21 heavy (non-hydrogen) atoms. The molecule has 0 aromatic heterocycles. The average molecular weight is 295 g/mol. The summed E-state index contributed by atoms with van der Waals surface area (Å²) in [7, 11) is 1.88. The SMILES string of the molecule is CN(CCC1CCCCC1)C(=O)C1CCCC(C(=O)O)C1. The molecule has 0 aromatic carbocycles. The van der Waals surface area contributed by atoms with Crippen molar-refractivity contribution in [1.29, 1.82) is 0 Å². The van der Waals surface area contributed by atoms with Crippen LogP contribution in [-0.4, -0.2) is 35.5 Å². The third kappa shape index (κ3) is 4.72. The third-order valence-electron chi connectivity index (χ3n) is 5.35. The summed E-state index contributed by atoms with van der Waals surface area (Å²) in [6.45, 7) is 0.831. The maximum atomic E-state index is 12.5. The van der Waals surface area contributed by atoms with Gasteiger partial charge in [-0.15, -0.1) is 0 Å². The molecule has 0 aliphatic heterocycles. The highest BCUT2D eigenvalue weighted by Crippen LogP contribution is 2.31. The first-order valence-corrected chi connectivity index (χ1v) is 8.55. The van der Waals surface area contributed by atoms with Crippen molar-refractivity contribution in [3.63, 3.8) is 0 Å². The second kappa shape index (κ2) is 7.81. The number of hydrogen-bond donors (Lipinski definition) is 1. The van der Waals surface area contributed by atoms with Crippen LogP contribution in [-0.2, 0) is 9.59 Å². The third-order valence-corrected chi connectivity index (χ3v) is 5.35. The van der Waals surface area contributed by atoms with Crippen molar-refractivity contribution in [3.8, 4) is 0 Å². The van der Waals surface area contributed by atoms with E-state index in [1.54, 1.807) is 0 Å². The minimum Gasteiger partial charge on any atom is -0.481 e. The van der Waals surface area contributed by atoms with Crippen LogP contribution in [0.4, 0.5) is 0 Å². The zero-order valence-electron chi connectivity index (χ0n) is 13.2. The summed E-state index contributed by atoms with van der Waals surface area (Å²) < 4.78 is 0. The fourth-order valence-electron chi connectivity index (χ4n) is 3.91. The lowest BCUT2D eigenvalue weighted by atomic mass is 9.80. The minimum atomic E-state index is -0.739. The summed E-state index contributed by atoms with van der Waals surface area (Å²) in [5, 5.41) is 9.13.